The first kappa shape index (κ1) is 18.1. The van der Waals surface area contributed by atoms with Crippen LogP contribution in [0.1, 0.15) is 27.9 Å². The molecular formula is C23H20IP. The molecule has 2 heteroatoms. The molecule has 0 nitrogen and oxygen atoms in total. The van der Waals surface area contributed by atoms with Crippen LogP contribution in [0.5, 0.6) is 0 Å². The zero-order chi connectivity index (χ0) is 17.6. The van der Waals surface area contributed by atoms with E-state index in [4.69, 9.17) is 0 Å². The lowest BCUT2D eigenvalue weighted by molar-refractivity contribution is 1.14. The fourth-order valence-corrected chi connectivity index (χ4v) is 7.50. The van der Waals surface area contributed by atoms with Gasteiger partial charge < -0.3 is 0 Å². The molecule has 0 spiro atoms. The number of hydrogen-bond acceptors (Lipinski definition) is 0. The number of benzene rings is 3. The Hall–Kier alpha value is -1.70. The smallest absolute Gasteiger partial charge is 0.0434 e. The summed E-state index contributed by atoms with van der Waals surface area (Å²) in [6.45, 7) is 8.05. The molecule has 3 aromatic rings. The molecule has 0 N–H and O–H groups in total. The Labute approximate surface area is 164 Å². The van der Waals surface area contributed by atoms with E-state index in [1.54, 1.807) is 0 Å². The fraction of sp³-hybridized carbons (Fsp3) is 0.0435. The predicted molar refractivity (Wildman–Crippen MR) is 122 cm³/mol. The van der Waals surface area contributed by atoms with Crippen molar-refractivity contribution in [2.75, 3.05) is 0 Å². The summed E-state index contributed by atoms with van der Waals surface area (Å²) in [5, 5.41) is 1.39. The quantitative estimate of drug-likeness (QED) is 0.273. The summed E-state index contributed by atoms with van der Waals surface area (Å²) < 4.78 is 0. The molecule has 0 fully saturated rings. The van der Waals surface area contributed by atoms with Gasteiger partial charge in [-0.15, -0.1) is 0 Å². The molecule has 0 heterocycles. The van der Waals surface area contributed by atoms with Crippen LogP contribution in [0, 0.1) is 0 Å². The first-order chi connectivity index (χ1) is 12.3. The third kappa shape index (κ3) is 3.94. The van der Waals surface area contributed by atoms with E-state index in [9.17, 15) is 0 Å². The summed E-state index contributed by atoms with van der Waals surface area (Å²) >= 11 is 2.64. The first-order valence-electron chi connectivity index (χ1n) is 8.19. The molecule has 0 aliphatic carbocycles. The highest BCUT2D eigenvalue weighted by atomic mass is 127. The Morgan fingerprint density at radius 1 is 0.680 bits per heavy atom. The van der Waals surface area contributed by atoms with Crippen LogP contribution < -0.4 is 5.30 Å². The highest BCUT2D eigenvalue weighted by Crippen LogP contribution is 2.61. The maximum Gasteiger partial charge on any atom is 0.0434 e. The van der Waals surface area contributed by atoms with E-state index in [0.717, 1.165) is 0 Å². The number of rotatable bonds is 6. The molecule has 0 radical (unpaired) electrons. The summed E-state index contributed by atoms with van der Waals surface area (Å²) in [6.07, 6.45) is 3.92. The first-order valence-corrected chi connectivity index (χ1v) is 12.4. The van der Waals surface area contributed by atoms with Crippen LogP contribution in [0.4, 0.5) is 0 Å². The molecule has 0 amide bonds. The Kier molecular flexibility index (Phi) is 6.23. The minimum absolute atomic E-state index is 0.293. The molecule has 1 unspecified atom stereocenters. The standard InChI is InChI=1S/C23H20IP/c1-3-18-12-8-10-16-21(18)23(22-17-11-9-13-19(22)4-2)25(24)20-14-6-5-7-15-20/h3-17,23H,1-2H2. The Morgan fingerprint density at radius 3 is 1.60 bits per heavy atom. The molecule has 124 valence electrons. The topological polar surface area (TPSA) is 0 Å². The van der Waals surface area contributed by atoms with Gasteiger partial charge in [0.1, 0.15) is 0 Å². The third-order valence-electron chi connectivity index (χ3n) is 4.25. The zero-order valence-electron chi connectivity index (χ0n) is 14.0. The van der Waals surface area contributed by atoms with Gasteiger partial charge in [-0.1, -0.05) is 104 Å². The van der Waals surface area contributed by atoms with Gasteiger partial charge >= 0.3 is 0 Å². The second kappa shape index (κ2) is 8.60. The molecule has 3 aromatic carbocycles. The molecule has 3 rings (SSSR count). The van der Waals surface area contributed by atoms with E-state index >= 15 is 0 Å². The SMILES string of the molecule is C=Cc1ccccc1C(c1ccccc1C=C)P(I)c1ccccc1. The van der Waals surface area contributed by atoms with Crippen molar-refractivity contribution in [1.29, 1.82) is 0 Å². The van der Waals surface area contributed by atoms with Gasteiger partial charge in [-0.2, -0.15) is 0 Å². The Morgan fingerprint density at radius 2 is 1.12 bits per heavy atom. The van der Waals surface area contributed by atoms with Gasteiger partial charge in [0.15, 0.2) is 0 Å². The third-order valence-corrected chi connectivity index (χ3v) is 9.39. The van der Waals surface area contributed by atoms with Gasteiger partial charge in [0.05, 0.1) is 0 Å². The molecule has 0 aliphatic heterocycles. The van der Waals surface area contributed by atoms with Crippen LogP contribution in [0.15, 0.2) is 92.0 Å². The summed E-state index contributed by atoms with van der Waals surface area (Å²) in [6, 6.07) is 28.0. The highest BCUT2D eigenvalue weighted by Gasteiger charge is 2.27. The Bertz CT molecular complexity index is 819. The molecule has 0 aliphatic rings. The lowest BCUT2D eigenvalue weighted by atomic mass is 9.96. The molecule has 25 heavy (non-hydrogen) atoms. The Balaban J connectivity index is 2.21. The van der Waals surface area contributed by atoms with E-state index in [1.165, 1.54) is 27.6 Å². The normalized spacial score (nSPS) is 11.9. The summed E-state index contributed by atoms with van der Waals surface area (Å²) in [5.74, 6) is 0. The van der Waals surface area contributed by atoms with E-state index in [0.29, 0.717) is 5.66 Å². The average Bonchev–Trinajstić information content (AvgIpc) is 2.69. The van der Waals surface area contributed by atoms with Gasteiger partial charge in [0.2, 0.25) is 0 Å². The number of halogens is 1. The average molecular weight is 454 g/mol. The fourth-order valence-electron chi connectivity index (χ4n) is 3.02. The van der Waals surface area contributed by atoms with E-state index in [2.05, 4.69) is 114 Å². The van der Waals surface area contributed by atoms with Crippen LogP contribution in [0.3, 0.4) is 0 Å². The highest BCUT2D eigenvalue weighted by molar-refractivity contribution is 14.2. The van der Waals surface area contributed by atoms with Crippen LogP contribution >= 0.6 is 27.6 Å². The minimum Gasteiger partial charge on any atom is -0.0985 e. The van der Waals surface area contributed by atoms with Gasteiger partial charge in [-0.05, 0) is 49.6 Å². The summed E-state index contributed by atoms with van der Waals surface area (Å²) in [4.78, 5) is 0. The van der Waals surface area contributed by atoms with Crippen LogP contribution in [0.25, 0.3) is 12.2 Å². The van der Waals surface area contributed by atoms with Crippen molar-refractivity contribution in [2.45, 2.75) is 5.66 Å². The molecule has 0 saturated carbocycles. The zero-order valence-corrected chi connectivity index (χ0v) is 17.0. The van der Waals surface area contributed by atoms with Crippen LogP contribution in [0.2, 0.25) is 0 Å². The maximum atomic E-state index is 4.03. The van der Waals surface area contributed by atoms with Crippen molar-refractivity contribution < 1.29 is 0 Å². The largest absolute Gasteiger partial charge is 0.0985 e. The predicted octanol–water partition coefficient (Wildman–Crippen LogP) is 7.22. The van der Waals surface area contributed by atoms with Gasteiger partial charge in [0, 0.05) is 11.2 Å². The van der Waals surface area contributed by atoms with Crippen molar-refractivity contribution in [2.24, 2.45) is 0 Å². The van der Waals surface area contributed by atoms with Crippen molar-refractivity contribution >= 4 is 45.1 Å². The van der Waals surface area contributed by atoms with Gasteiger partial charge in [-0.25, -0.2) is 0 Å². The lowest BCUT2D eigenvalue weighted by Gasteiger charge is -2.27. The van der Waals surface area contributed by atoms with Crippen molar-refractivity contribution in [1.82, 2.24) is 0 Å². The molecule has 1 atom stereocenters. The molecule has 0 bridgehead atoms. The van der Waals surface area contributed by atoms with Crippen molar-refractivity contribution in [3.63, 3.8) is 0 Å². The van der Waals surface area contributed by atoms with Crippen LogP contribution in [-0.4, -0.2) is 0 Å². The summed E-state index contributed by atoms with van der Waals surface area (Å²) in [7, 11) is 0. The second-order valence-corrected chi connectivity index (χ2v) is 10.5. The monoisotopic (exact) mass is 454 g/mol. The van der Waals surface area contributed by atoms with E-state index < -0.39 is 5.56 Å². The van der Waals surface area contributed by atoms with E-state index in [1.807, 2.05) is 12.2 Å². The van der Waals surface area contributed by atoms with Crippen molar-refractivity contribution in [3.8, 4) is 0 Å². The second-order valence-electron chi connectivity index (χ2n) is 5.72. The maximum absolute atomic E-state index is 4.03. The van der Waals surface area contributed by atoms with Crippen LogP contribution in [-0.2, 0) is 0 Å². The lowest BCUT2D eigenvalue weighted by Crippen LogP contribution is -2.08. The minimum atomic E-state index is -0.461. The molecule has 0 aromatic heterocycles. The summed E-state index contributed by atoms with van der Waals surface area (Å²) in [5.41, 5.74) is 4.89. The van der Waals surface area contributed by atoms with Gasteiger partial charge in [-0.3, -0.25) is 0 Å². The van der Waals surface area contributed by atoms with E-state index in [-0.39, 0.29) is 0 Å². The molecular weight excluding hydrogens is 434 g/mol. The van der Waals surface area contributed by atoms with Crippen molar-refractivity contribution in [3.05, 3.63) is 114 Å². The molecule has 0 saturated heterocycles. The number of hydrogen-bond donors (Lipinski definition) is 0. The van der Waals surface area contributed by atoms with Gasteiger partial charge in [0.25, 0.3) is 0 Å².